The molecule has 1 atom stereocenters. The lowest BCUT2D eigenvalue weighted by Crippen LogP contribution is -2.10. The smallest absolute Gasteiger partial charge is 0.104 e. The number of aliphatic imine (C=N–C) groups is 1. The van der Waals surface area contributed by atoms with Gasteiger partial charge in [0.15, 0.2) is 0 Å². The number of hydrogen-bond acceptors (Lipinski definition) is 2. The topological polar surface area (TPSA) is 12.4 Å². The third-order valence-electron chi connectivity index (χ3n) is 3.49. The summed E-state index contributed by atoms with van der Waals surface area (Å²) < 4.78 is 0. The van der Waals surface area contributed by atoms with Crippen LogP contribution in [0.15, 0.2) is 71.7 Å². The zero-order valence-electron chi connectivity index (χ0n) is 12.2. The molecule has 1 aliphatic rings. The zero-order valence-corrected chi connectivity index (χ0v) is 13.0. The summed E-state index contributed by atoms with van der Waals surface area (Å²) in [5.41, 5.74) is 3.52. The van der Waals surface area contributed by atoms with E-state index in [0.717, 1.165) is 10.7 Å². The summed E-state index contributed by atoms with van der Waals surface area (Å²) in [6, 6.07) is 21.0. The van der Waals surface area contributed by atoms with Gasteiger partial charge in [-0.25, -0.2) is 4.99 Å². The van der Waals surface area contributed by atoms with Gasteiger partial charge in [-0.2, -0.15) is 0 Å². The number of hydrogen-bond donors (Lipinski definition) is 0. The van der Waals surface area contributed by atoms with E-state index in [4.69, 9.17) is 4.99 Å². The summed E-state index contributed by atoms with van der Waals surface area (Å²) in [5, 5.41) is 1.65. The summed E-state index contributed by atoms with van der Waals surface area (Å²) in [7, 11) is 0. The second kappa shape index (κ2) is 6.77. The molecule has 0 bridgehead atoms. The molecule has 0 N–H and O–H groups in total. The van der Waals surface area contributed by atoms with Crippen molar-refractivity contribution in [3.05, 3.63) is 77.9 Å². The third kappa shape index (κ3) is 3.45. The molecule has 0 unspecified atom stereocenters. The average Bonchev–Trinajstić information content (AvgIpc) is 2.56. The number of benzene rings is 2. The Hall–Kier alpha value is -1.80. The largest absolute Gasteiger partial charge is 0.241 e. The quantitative estimate of drug-likeness (QED) is 0.736. The van der Waals surface area contributed by atoms with Crippen molar-refractivity contribution < 1.29 is 0 Å². The van der Waals surface area contributed by atoms with Gasteiger partial charge in [-0.1, -0.05) is 85.8 Å². The van der Waals surface area contributed by atoms with Gasteiger partial charge in [-0.05, 0) is 18.1 Å². The van der Waals surface area contributed by atoms with Gasteiger partial charge in [-0.3, -0.25) is 0 Å². The van der Waals surface area contributed by atoms with Crippen molar-refractivity contribution in [3.8, 4) is 0 Å². The minimum Gasteiger partial charge on any atom is -0.241 e. The SMILES string of the molecule is CCC[C@H]1C=C(c2ccccc2)N=C(c2ccccc2)S1. The number of rotatable bonds is 4. The molecule has 21 heavy (non-hydrogen) atoms. The predicted octanol–water partition coefficient (Wildman–Crippen LogP) is 5.39. The van der Waals surface area contributed by atoms with Gasteiger partial charge >= 0.3 is 0 Å². The highest BCUT2D eigenvalue weighted by molar-refractivity contribution is 8.15. The monoisotopic (exact) mass is 293 g/mol. The highest BCUT2D eigenvalue weighted by Crippen LogP contribution is 2.33. The van der Waals surface area contributed by atoms with E-state index in [0.29, 0.717) is 5.25 Å². The number of thioether (sulfide) groups is 1. The second-order valence-electron chi connectivity index (χ2n) is 5.15. The summed E-state index contributed by atoms with van der Waals surface area (Å²) in [4.78, 5) is 4.90. The van der Waals surface area contributed by atoms with Crippen LogP contribution in [0.4, 0.5) is 0 Å². The molecule has 0 aromatic heterocycles. The molecule has 2 aromatic carbocycles. The van der Waals surface area contributed by atoms with E-state index in [9.17, 15) is 0 Å². The van der Waals surface area contributed by atoms with Crippen molar-refractivity contribution in [2.45, 2.75) is 25.0 Å². The standard InChI is InChI=1S/C19H19NS/c1-2-9-17-14-18(15-10-5-3-6-11-15)20-19(21-17)16-12-7-4-8-13-16/h3-8,10-14,17H,2,9H2,1H3/t17-/m0/s1. The fraction of sp³-hybridized carbons (Fsp3) is 0.211. The minimum absolute atomic E-state index is 0.512. The Morgan fingerprint density at radius 3 is 2.14 bits per heavy atom. The molecule has 0 radical (unpaired) electrons. The lowest BCUT2D eigenvalue weighted by molar-refractivity contribution is 0.829. The van der Waals surface area contributed by atoms with Crippen LogP contribution >= 0.6 is 11.8 Å². The summed E-state index contributed by atoms with van der Waals surface area (Å²) in [6.07, 6.45) is 4.70. The van der Waals surface area contributed by atoms with Crippen molar-refractivity contribution in [2.75, 3.05) is 0 Å². The zero-order chi connectivity index (χ0) is 14.5. The lowest BCUT2D eigenvalue weighted by Gasteiger charge is -2.20. The van der Waals surface area contributed by atoms with Crippen molar-refractivity contribution in [1.29, 1.82) is 0 Å². The van der Waals surface area contributed by atoms with Crippen LogP contribution in [-0.4, -0.2) is 10.3 Å². The molecule has 0 saturated heterocycles. The Balaban J connectivity index is 1.98. The van der Waals surface area contributed by atoms with Gasteiger partial charge in [0.05, 0.1) is 5.70 Å². The average molecular weight is 293 g/mol. The van der Waals surface area contributed by atoms with E-state index in [1.54, 1.807) is 0 Å². The number of nitrogens with zero attached hydrogens (tertiary/aromatic N) is 1. The Morgan fingerprint density at radius 2 is 1.52 bits per heavy atom. The van der Waals surface area contributed by atoms with E-state index in [1.807, 2.05) is 17.8 Å². The van der Waals surface area contributed by atoms with Crippen molar-refractivity contribution >= 4 is 22.5 Å². The third-order valence-corrected chi connectivity index (χ3v) is 4.72. The predicted molar refractivity (Wildman–Crippen MR) is 93.7 cm³/mol. The molecule has 0 spiro atoms. The molecule has 0 amide bonds. The fourth-order valence-electron chi connectivity index (χ4n) is 2.44. The van der Waals surface area contributed by atoms with Gasteiger partial charge in [0.25, 0.3) is 0 Å². The van der Waals surface area contributed by atoms with Gasteiger partial charge in [0.1, 0.15) is 5.04 Å². The molecule has 106 valence electrons. The van der Waals surface area contributed by atoms with Crippen LogP contribution in [0.5, 0.6) is 0 Å². The van der Waals surface area contributed by atoms with Crippen LogP contribution in [0.25, 0.3) is 5.70 Å². The molecular weight excluding hydrogens is 274 g/mol. The Labute approximate surface area is 130 Å². The molecule has 0 saturated carbocycles. The van der Waals surface area contributed by atoms with Crippen molar-refractivity contribution in [2.24, 2.45) is 4.99 Å². The van der Waals surface area contributed by atoms with Crippen LogP contribution in [0, 0.1) is 0 Å². The molecule has 0 aliphatic carbocycles. The second-order valence-corrected chi connectivity index (χ2v) is 6.37. The maximum absolute atomic E-state index is 4.90. The Morgan fingerprint density at radius 1 is 0.905 bits per heavy atom. The van der Waals surface area contributed by atoms with E-state index >= 15 is 0 Å². The molecule has 1 nitrogen and oxygen atoms in total. The maximum atomic E-state index is 4.90. The molecule has 2 heteroatoms. The first-order chi connectivity index (χ1) is 10.4. The van der Waals surface area contributed by atoms with Crippen LogP contribution in [0.3, 0.4) is 0 Å². The normalized spacial score (nSPS) is 18.0. The van der Waals surface area contributed by atoms with E-state index in [1.165, 1.54) is 24.0 Å². The first-order valence-corrected chi connectivity index (χ1v) is 8.33. The van der Waals surface area contributed by atoms with Crippen LogP contribution in [-0.2, 0) is 0 Å². The first kappa shape index (κ1) is 14.2. The summed E-state index contributed by atoms with van der Waals surface area (Å²) >= 11 is 1.88. The van der Waals surface area contributed by atoms with Gasteiger partial charge in [0, 0.05) is 10.8 Å². The van der Waals surface area contributed by atoms with E-state index in [2.05, 4.69) is 67.6 Å². The molecule has 2 aromatic rings. The molecule has 1 aliphatic heterocycles. The Kier molecular flexibility index (Phi) is 4.56. The lowest BCUT2D eigenvalue weighted by atomic mass is 10.1. The first-order valence-electron chi connectivity index (χ1n) is 7.45. The van der Waals surface area contributed by atoms with Gasteiger partial charge in [0.2, 0.25) is 0 Å². The van der Waals surface area contributed by atoms with Crippen molar-refractivity contribution in [1.82, 2.24) is 0 Å². The summed E-state index contributed by atoms with van der Waals surface area (Å²) in [6.45, 7) is 2.24. The van der Waals surface area contributed by atoms with Crippen LogP contribution in [0.2, 0.25) is 0 Å². The van der Waals surface area contributed by atoms with Crippen molar-refractivity contribution in [3.63, 3.8) is 0 Å². The minimum atomic E-state index is 0.512. The highest BCUT2D eigenvalue weighted by Gasteiger charge is 2.18. The van der Waals surface area contributed by atoms with E-state index < -0.39 is 0 Å². The van der Waals surface area contributed by atoms with Crippen LogP contribution in [0.1, 0.15) is 30.9 Å². The van der Waals surface area contributed by atoms with Crippen LogP contribution < -0.4 is 0 Å². The molecule has 3 rings (SSSR count). The Bertz CT molecular complexity index is 644. The molecular formula is C19H19NS. The summed E-state index contributed by atoms with van der Waals surface area (Å²) in [5.74, 6) is 0. The maximum Gasteiger partial charge on any atom is 0.104 e. The molecule has 1 heterocycles. The molecule has 0 fully saturated rings. The van der Waals surface area contributed by atoms with Gasteiger partial charge in [-0.15, -0.1) is 0 Å². The van der Waals surface area contributed by atoms with E-state index in [-0.39, 0.29) is 0 Å². The fourth-order valence-corrected chi connectivity index (χ4v) is 3.70. The van der Waals surface area contributed by atoms with Gasteiger partial charge < -0.3 is 0 Å². The highest BCUT2D eigenvalue weighted by atomic mass is 32.2.